The topological polar surface area (TPSA) is 46.5 Å². The summed E-state index contributed by atoms with van der Waals surface area (Å²) >= 11 is 0. The highest BCUT2D eigenvalue weighted by atomic mass is 16.5. The van der Waals surface area contributed by atoms with E-state index in [0.29, 0.717) is 0 Å². The SMILES string of the molecule is CCCCC(CC)CCOc1ccc(/C=C/C(=O)O)cc1. The molecule has 0 fully saturated rings. The van der Waals surface area contributed by atoms with Crippen molar-refractivity contribution >= 4 is 12.0 Å². The third-order valence-corrected chi connectivity index (χ3v) is 3.64. The van der Waals surface area contributed by atoms with Crippen molar-refractivity contribution in [2.45, 2.75) is 46.0 Å². The van der Waals surface area contributed by atoms with E-state index in [9.17, 15) is 4.79 Å². The maximum Gasteiger partial charge on any atom is 0.328 e. The molecule has 1 aromatic rings. The van der Waals surface area contributed by atoms with Crippen molar-refractivity contribution < 1.29 is 14.6 Å². The first-order valence-electron chi connectivity index (χ1n) is 7.79. The van der Waals surface area contributed by atoms with Crippen LogP contribution in [0.4, 0.5) is 0 Å². The standard InChI is InChI=1S/C18H26O3/c1-3-5-6-15(4-2)13-14-21-17-10-7-16(8-11-17)9-12-18(19)20/h7-12,15H,3-6,13-14H2,1-2H3,(H,19,20)/b12-9+. The smallest absolute Gasteiger partial charge is 0.328 e. The largest absolute Gasteiger partial charge is 0.494 e. The van der Waals surface area contributed by atoms with Gasteiger partial charge in [-0.1, -0.05) is 51.7 Å². The zero-order chi connectivity index (χ0) is 15.5. The average Bonchev–Trinajstić information content (AvgIpc) is 2.49. The molecule has 1 rings (SSSR count). The molecule has 0 aliphatic carbocycles. The van der Waals surface area contributed by atoms with Gasteiger partial charge in [0.15, 0.2) is 0 Å². The van der Waals surface area contributed by atoms with E-state index < -0.39 is 5.97 Å². The molecule has 1 unspecified atom stereocenters. The Bertz CT molecular complexity index is 434. The van der Waals surface area contributed by atoms with Gasteiger partial charge >= 0.3 is 5.97 Å². The lowest BCUT2D eigenvalue weighted by molar-refractivity contribution is -0.131. The minimum Gasteiger partial charge on any atom is -0.494 e. The van der Waals surface area contributed by atoms with Crippen molar-refractivity contribution in [3.63, 3.8) is 0 Å². The second kappa shape index (κ2) is 10.0. The van der Waals surface area contributed by atoms with Crippen LogP contribution in [-0.4, -0.2) is 17.7 Å². The number of aliphatic carboxylic acids is 1. The number of rotatable bonds is 10. The number of carbonyl (C=O) groups is 1. The first-order valence-corrected chi connectivity index (χ1v) is 7.79. The normalized spacial score (nSPS) is 12.5. The molecule has 1 atom stereocenters. The molecule has 3 heteroatoms. The summed E-state index contributed by atoms with van der Waals surface area (Å²) in [5.74, 6) is 0.656. The van der Waals surface area contributed by atoms with Gasteiger partial charge in [0.25, 0.3) is 0 Å². The highest BCUT2D eigenvalue weighted by molar-refractivity contribution is 5.85. The second-order valence-corrected chi connectivity index (χ2v) is 5.29. The van der Waals surface area contributed by atoms with E-state index in [0.717, 1.165) is 36.3 Å². The van der Waals surface area contributed by atoms with Gasteiger partial charge in [0.1, 0.15) is 5.75 Å². The van der Waals surface area contributed by atoms with Crippen LogP contribution in [0.5, 0.6) is 5.75 Å². The molecule has 0 radical (unpaired) electrons. The predicted molar refractivity (Wildman–Crippen MR) is 86.5 cm³/mol. The summed E-state index contributed by atoms with van der Waals surface area (Å²) in [4.78, 5) is 10.4. The molecule has 21 heavy (non-hydrogen) atoms. The molecule has 0 aromatic heterocycles. The van der Waals surface area contributed by atoms with Crippen molar-refractivity contribution in [2.24, 2.45) is 5.92 Å². The molecule has 1 aromatic carbocycles. The summed E-state index contributed by atoms with van der Waals surface area (Å²) in [6, 6.07) is 7.50. The van der Waals surface area contributed by atoms with Crippen molar-refractivity contribution in [1.29, 1.82) is 0 Å². The quantitative estimate of drug-likeness (QED) is 0.631. The van der Waals surface area contributed by atoms with Crippen molar-refractivity contribution in [3.05, 3.63) is 35.9 Å². The fraction of sp³-hybridized carbons (Fsp3) is 0.500. The molecule has 0 heterocycles. The number of hydrogen-bond acceptors (Lipinski definition) is 2. The van der Waals surface area contributed by atoms with Gasteiger partial charge in [-0.2, -0.15) is 0 Å². The lowest BCUT2D eigenvalue weighted by Crippen LogP contribution is -2.06. The Morgan fingerprint density at radius 2 is 1.95 bits per heavy atom. The summed E-state index contributed by atoms with van der Waals surface area (Å²) in [6.07, 6.45) is 8.85. The van der Waals surface area contributed by atoms with Crippen LogP contribution >= 0.6 is 0 Å². The lowest BCUT2D eigenvalue weighted by Gasteiger charge is -2.14. The molecule has 0 aliphatic heterocycles. The molecule has 0 saturated carbocycles. The molecule has 0 spiro atoms. The number of carboxylic acid groups (broad SMARTS) is 1. The molecule has 1 N–H and O–H groups in total. The maximum absolute atomic E-state index is 10.4. The van der Waals surface area contributed by atoms with Crippen LogP contribution in [0.3, 0.4) is 0 Å². The molecule has 0 bridgehead atoms. The van der Waals surface area contributed by atoms with E-state index in [-0.39, 0.29) is 0 Å². The molecular weight excluding hydrogens is 264 g/mol. The summed E-state index contributed by atoms with van der Waals surface area (Å²) in [6.45, 7) is 5.21. The van der Waals surface area contributed by atoms with Gasteiger partial charge in [0.2, 0.25) is 0 Å². The van der Waals surface area contributed by atoms with Crippen LogP contribution in [0.1, 0.15) is 51.5 Å². The van der Waals surface area contributed by atoms with Crippen LogP contribution < -0.4 is 4.74 Å². The third-order valence-electron chi connectivity index (χ3n) is 3.64. The molecule has 0 amide bonds. The fourth-order valence-corrected chi connectivity index (χ4v) is 2.23. The molecular formula is C18H26O3. The van der Waals surface area contributed by atoms with Crippen LogP contribution in [0.25, 0.3) is 6.08 Å². The zero-order valence-electron chi connectivity index (χ0n) is 13.0. The number of hydrogen-bond donors (Lipinski definition) is 1. The molecule has 0 saturated heterocycles. The minimum absolute atomic E-state index is 0.743. The van der Waals surface area contributed by atoms with Gasteiger partial charge in [-0.25, -0.2) is 4.79 Å². The zero-order valence-corrected chi connectivity index (χ0v) is 13.0. The van der Waals surface area contributed by atoms with Gasteiger partial charge in [0.05, 0.1) is 6.61 Å². The maximum atomic E-state index is 10.4. The second-order valence-electron chi connectivity index (χ2n) is 5.29. The number of unbranched alkanes of at least 4 members (excludes halogenated alkanes) is 1. The van der Waals surface area contributed by atoms with Gasteiger partial charge in [-0.3, -0.25) is 0 Å². The Morgan fingerprint density at radius 3 is 2.52 bits per heavy atom. The molecule has 116 valence electrons. The molecule has 3 nitrogen and oxygen atoms in total. The van der Waals surface area contributed by atoms with Gasteiger partial charge < -0.3 is 9.84 Å². The third kappa shape index (κ3) is 7.54. The van der Waals surface area contributed by atoms with Crippen LogP contribution in [0, 0.1) is 5.92 Å². The van der Waals surface area contributed by atoms with E-state index in [2.05, 4.69) is 13.8 Å². The first-order chi connectivity index (χ1) is 10.2. The van der Waals surface area contributed by atoms with E-state index in [1.165, 1.54) is 25.7 Å². The Kier molecular flexibility index (Phi) is 8.25. The average molecular weight is 290 g/mol. The van der Waals surface area contributed by atoms with Crippen LogP contribution in [0.15, 0.2) is 30.3 Å². The van der Waals surface area contributed by atoms with Crippen LogP contribution in [-0.2, 0) is 4.79 Å². The number of benzene rings is 1. The van der Waals surface area contributed by atoms with Gasteiger partial charge in [-0.15, -0.1) is 0 Å². The predicted octanol–water partition coefficient (Wildman–Crippen LogP) is 4.77. The lowest BCUT2D eigenvalue weighted by atomic mass is 9.96. The Balaban J connectivity index is 2.36. The monoisotopic (exact) mass is 290 g/mol. The Morgan fingerprint density at radius 1 is 1.24 bits per heavy atom. The molecule has 0 aliphatic rings. The van der Waals surface area contributed by atoms with Gasteiger partial charge in [-0.05, 0) is 36.1 Å². The minimum atomic E-state index is -0.937. The summed E-state index contributed by atoms with van der Waals surface area (Å²) in [5, 5.41) is 8.57. The Hall–Kier alpha value is -1.77. The highest BCUT2D eigenvalue weighted by Gasteiger charge is 2.06. The summed E-state index contributed by atoms with van der Waals surface area (Å²) < 4.78 is 5.76. The number of carboxylic acids is 1. The first kappa shape index (κ1) is 17.3. The summed E-state index contributed by atoms with van der Waals surface area (Å²) in [7, 11) is 0. The van der Waals surface area contributed by atoms with Crippen molar-refractivity contribution in [2.75, 3.05) is 6.61 Å². The highest BCUT2D eigenvalue weighted by Crippen LogP contribution is 2.18. The van der Waals surface area contributed by atoms with Gasteiger partial charge in [0, 0.05) is 6.08 Å². The Labute approximate surface area is 127 Å². The van der Waals surface area contributed by atoms with Crippen molar-refractivity contribution in [3.8, 4) is 5.75 Å². The van der Waals surface area contributed by atoms with E-state index >= 15 is 0 Å². The van der Waals surface area contributed by atoms with E-state index in [1.54, 1.807) is 6.08 Å². The van der Waals surface area contributed by atoms with Crippen molar-refractivity contribution in [1.82, 2.24) is 0 Å². The van der Waals surface area contributed by atoms with E-state index in [1.807, 2.05) is 24.3 Å². The summed E-state index contributed by atoms with van der Waals surface area (Å²) in [5.41, 5.74) is 0.860. The fourth-order valence-electron chi connectivity index (χ4n) is 2.23. The number of ether oxygens (including phenoxy) is 1. The van der Waals surface area contributed by atoms with Crippen LogP contribution in [0.2, 0.25) is 0 Å². The van der Waals surface area contributed by atoms with E-state index in [4.69, 9.17) is 9.84 Å².